The summed E-state index contributed by atoms with van der Waals surface area (Å²) in [5.41, 5.74) is 1.96. The molecule has 164 valence electrons. The summed E-state index contributed by atoms with van der Waals surface area (Å²) in [6.07, 6.45) is 11.0. The van der Waals surface area contributed by atoms with E-state index in [1.165, 1.54) is 32.1 Å². The number of ketones is 1. The molecule has 1 aromatic carbocycles. The molecular formula is C25H41NO3. The van der Waals surface area contributed by atoms with Gasteiger partial charge in [0.25, 0.3) is 0 Å². The molecule has 0 unspecified atom stereocenters. The first kappa shape index (κ1) is 23.9. The Kier molecular flexibility index (Phi) is 12.0. The quantitative estimate of drug-likeness (QED) is 0.296. The van der Waals surface area contributed by atoms with Crippen molar-refractivity contribution >= 4 is 5.78 Å². The monoisotopic (exact) mass is 403 g/mol. The predicted octanol–water partition coefficient (Wildman–Crippen LogP) is 5.67. The van der Waals surface area contributed by atoms with Crippen LogP contribution in [0.25, 0.3) is 0 Å². The number of likely N-dealkylation sites (tertiary alicyclic amines) is 1. The van der Waals surface area contributed by atoms with Crippen LogP contribution in [0.1, 0.15) is 87.6 Å². The average Bonchev–Trinajstić information content (AvgIpc) is 3.03. The number of ether oxygens (including phenoxy) is 2. The van der Waals surface area contributed by atoms with Gasteiger partial charge >= 0.3 is 0 Å². The Morgan fingerprint density at radius 1 is 0.966 bits per heavy atom. The molecule has 1 heterocycles. The zero-order valence-electron chi connectivity index (χ0n) is 18.7. The van der Waals surface area contributed by atoms with E-state index in [4.69, 9.17) is 9.47 Å². The molecule has 0 bridgehead atoms. The van der Waals surface area contributed by atoms with Gasteiger partial charge in [0.2, 0.25) is 0 Å². The fraction of sp³-hybridized carbons (Fsp3) is 0.720. The van der Waals surface area contributed by atoms with Crippen LogP contribution >= 0.6 is 0 Å². The van der Waals surface area contributed by atoms with Crippen molar-refractivity contribution in [2.24, 2.45) is 0 Å². The van der Waals surface area contributed by atoms with Crippen LogP contribution in [0.2, 0.25) is 0 Å². The SMILES string of the molecule is CCCCOCCCCOc1ccc(C(=O)CCN2CCCCCC2)cc1CC. The van der Waals surface area contributed by atoms with E-state index < -0.39 is 0 Å². The second kappa shape index (κ2) is 14.6. The van der Waals surface area contributed by atoms with E-state index >= 15 is 0 Å². The number of hydrogen-bond donors (Lipinski definition) is 0. The lowest BCUT2D eigenvalue weighted by molar-refractivity contribution is 0.0964. The number of rotatable bonds is 14. The highest BCUT2D eigenvalue weighted by Gasteiger charge is 2.13. The van der Waals surface area contributed by atoms with Crippen molar-refractivity contribution in [3.63, 3.8) is 0 Å². The zero-order valence-corrected chi connectivity index (χ0v) is 18.7. The molecule has 29 heavy (non-hydrogen) atoms. The lowest BCUT2D eigenvalue weighted by Crippen LogP contribution is -2.27. The van der Waals surface area contributed by atoms with Gasteiger partial charge < -0.3 is 14.4 Å². The van der Waals surface area contributed by atoms with Crippen LogP contribution in [0.3, 0.4) is 0 Å². The van der Waals surface area contributed by atoms with Crippen LogP contribution in [0.4, 0.5) is 0 Å². The van der Waals surface area contributed by atoms with Crippen molar-refractivity contribution in [3.05, 3.63) is 29.3 Å². The van der Waals surface area contributed by atoms with Crippen LogP contribution in [0, 0.1) is 0 Å². The first-order valence-corrected chi connectivity index (χ1v) is 11.8. The number of carbonyl (C=O) groups excluding carboxylic acids is 1. The van der Waals surface area contributed by atoms with Crippen molar-refractivity contribution in [1.82, 2.24) is 4.90 Å². The van der Waals surface area contributed by atoms with E-state index in [0.717, 1.165) is 75.4 Å². The fourth-order valence-electron chi connectivity index (χ4n) is 3.77. The summed E-state index contributed by atoms with van der Waals surface area (Å²) in [5.74, 6) is 1.17. The molecule has 1 fully saturated rings. The molecule has 0 spiro atoms. The molecule has 1 aromatic rings. The van der Waals surface area contributed by atoms with Gasteiger partial charge in [0.1, 0.15) is 5.75 Å². The van der Waals surface area contributed by atoms with E-state index in [1.807, 2.05) is 18.2 Å². The molecule has 0 aromatic heterocycles. The molecule has 0 atom stereocenters. The number of hydrogen-bond acceptors (Lipinski definition) is 4. The largest absolute Gasteiger partial charge is 0.493 e. The smallest absolute Gasteiger partial charge is 0.164 e. The van der Waals surface area contributed by atoms with Gasteiger partial charge in [0.15, 0.2) is 5.78 Å². The summed E-state index contributed by atoms with van der Waals surface area (Å²) in [7, 11) is 0. The van der Waals surface area contributed by atoms with Crippen molar-refractivity contribution < 1.29 is 14.3 Å². The first-order valence-electron chi connectivity index (χ1n) is 11.8. The standard InChI is InChI=1S/C25H41NO3/c1-3-5-18-28-19-10-11-20-29-25-13-12-23(21-22(25)4-2)24(27)14-17-26-15-8-6-7-9-16-26/h12-13,21H,3-11,14-20H2,1-2H3. The minimum absolute atomic E-state index is 0.250. The van der Waals surface area contributed by atoms with Gasteiger partial charge in [-0.05, 0) is 75.4 Å². The van der Waals surface area contributed by atoms with Crippen molar-refractivity contribution in [2.75, 3.05) is 39.5 Å². The van der Waals surface area contributed by atoms with E-state index in [1.54, 1.807) is 0 Å². The number of unbranched alkanes of at least 4 members (excludes halogenated alkanes) is 2. The summed E-state index contributed by atoms with van der Waals surface area (Å²) in [6, 6.07) is 5.96. The fourth-order valence-corrected chi connectivity index (χ4v) is 3.77. The highest BCUT2D eigenvalue weighted by Crippen LogP contribution is 2.22. The maximum Gasteiger partial charge on any atom is 0.164 e. The zero-order chi connectivity index (χ0) is 20.7. The molecule has 0 aliphatic carbocycles. The minimum atomic E-state index is 0.250. The van der Waals surface area contributed by atoms with Crippen LogP contribution in [-0.2, 0) is 11.2 Å². The second-order valence-electron chi connectivity index (χ2n) is 8.13. The van der Waals surface area contributed by atoms with Gasteiger partial charge in [-0.15, -0.1) is 0 Å². The minimum Gasteiger partial charge on any atom is -0.493 e. The Hall–Kier alpha value is -1.39. The van der Waals surface area contributed by atoms with E-state index in [9.17, 15) is 4.79 Å². The number of carbonyl (C=O) groups is 1. The molecule has 4 nitrogen and oxygen atoms in total. The molecular weight excluding hydrogens is 362 g/mol. The van der Waals surface area contributed by atoms with Gasteiger partial charge in [-0.2, -0.15) is 0 Å². The molecule has 0 N–H and O–H groups in total. The maximum atomic E-state index is 12.7. The molecule has 4 heteroatoms. The number of benzene rings is 1. The number of aryl methyl sites for hydroxylation is 1. The predicted molar refractivity (Wildman–Crippen MR) is 120 cm³/mol. The summed E-state index contributed by atoms with van der Waals surface area (Å²) in [4.78, 5) is 15.1. The van der Waals surface area contributed by atoms with Gasteiger partial charge in [-0.1, -0.05) is 33.1 Å². The summed E-state index contributed by atoms with van der Waals surface area (Å²) >= 11 is 0. The Bertz CT molecular complexity index is 579. The first-order chi connectivity index (χ1) is 14.2. The van der Waals surface area contributed by atoms with Crippen LogP contribution in [-0.4, -0.2) is 50.1 Å². The van der Waals surface area contributed by atoms with Crippen molar-refractivity contribution in [2.45, 2.75) is 78.1 Å². The van der Waals surface area contributed by atoms with Crippen LogP contribution < -0.4 is 4.74 Å². The highest BCUT2D eigenvalue weighted by atomic mass is 16.5. The third-order valence-corrected chi connectivity index (χ3v) is 5.70. The third kappa shape index (κ3) is 9.31. The Balaban J connectivity index is 1.74. The molecule has 1 aliphatic rings. The molecule has 0 radical (unpaired) electrons. The molecule has 0 amide bonds. The highest BCUT2D eigenvalue weighted by molar-refractivity contribution is 5.96. The maximum absolute atomic E-state index is 12.7. The van der Waals surface area contributed by atoms with Crippen molar-refractivity contribution in [1.29, 1.82) is 0 Å². The van der Waals surface area contributed by atoms with Gasteiger partial charge in [-0.25, -0.2) is 0 Å². The molecule has 1 saturated heterocycles. The molecule has 0 saturated carbocycles. The average molecular weight is 404 g/mol. The number of nitrogens with zero attached hydrogens (tertiary/aromatic N) is 1. The lowest BCUT2D eigenvalue weighted by atomic mass is 10.0. The normalized spacial score (nSPS) is 15.2. The van der Waals surface area contributed by atoms with Gasteiger partial charge in [0.05, 0.1) is 6.61 Å². The van der Waals surface area contributed by atoms with Crippen LogP contribution in [0.5, 0.6) is 5.75 Å². The summed E-state index contributed by atoms with van der Waals surface area (Å²) < 4.78 is 11.6. The summed E-state index contributed by atoms with van der Waals surface area (Å²) in [6.45, 7) is 9.85. The number of Topliss-reactive ketones (excluding diaryl/α,β-unsaturated/α-hetero) is 1. The van der Waals surface area contributed by atoms with E-state index in [0.29, 0.717) is 13.0 Å². The summed E-state index contributed by atoms with van der Waals surface area (Å²) in [5, 5.41) is 0. The van der Waals surface area contributed by atoms with E-state index in [-0.39, 0.29) is 5.78 Å². The molecule has 2 rings (SSSR count). The molecule has 1 aliphatic heterocycles. The lowest BCUT2D eigenvalue weighted by Gasteiger charge is -2.19. The van der Waals surface area contributed by atoms with Gasteiger partial charge in [0, 0.05) is 31.7 Å². The third-order valence-electron chi connectivity index (χ3n) is 5.70. The second-order valence-corrected chi connectivity index (χ2v) is 8.13. The van der Waals surface area contributed by atoms with Gasteiger partial charge in [-0.3, -0.25) is 4.79 Å². The van der Waals surface area contributed by atoms with Crippen molar-refractivity contribution in [3.8, 4) is 5.75 Å². The van der Waals surface area contributed by atoms with Crippen LogP contribution in [0.15, 0.2) is 18.2 Å². The Morgan fingerprint density at radius 3 is 2.41 bits per heavy atom. The topological polar surface area (TPSA) is 38.8 Å². The Morgan fingerprint density at radius 2 is 1.69 bits per heavy atom. The van der Waals surface area contributed by atoms with E-state index in [2.05, 4.69) is 18.7 Å². The Labute approximate surface area is 178 Å².